The van der Waals surface area contributed by atoms with Gasteiger partial charge in [0.2, 0.25) is 0 Å². The molecule has 8 aromatic rings. The van der Waals surface area contributed by atoms with Crippen molar-refractivity contribution in [3.05, 3.63) is 152 Å². The van der Waals surface area contributed by atoms with E-state index in [0.717, 1.165) is 28.3 Å². The van der Waals surface area contributed by atoms with Crippen molar-refractivity contribution in [3.8, 4) is 33.9 Å². The van der Waals surface area contributed by atoms with Crippen molar-refractivity contribution < 1.29 is 0 Å². The largest absolute Gasteiger partial charge is 0.309 e. The quantitative estimate of drug-likeness (QED) is 0.231. The van der Waals surface area contributed by atoms with Gasteiger partial charge in [-0.15, -0.1) is 0 Å². The highest BCUT2D eigenvalue weighted by Gasteiger charge is 2.18. The van der Waals surface area contributed by atoms with Crippen LogP contribution in [0, 0.1) is 0 Å². The Hall–Kier alpha value is -5.41. The van der Waals surface area contributed by atoms with Crippen LogP contribution in [0.2, 0.25) is 0 Å². The van der Waals surface area contributed by atoms with Gasteiger partial charge in [0, 0.05) is 33.6 Å². The summed E-state index contributed by atoms with van der Waals surface area (Å²) in [5, 5.41) is 3.65. The highest BCUT2D eigenvalue weighted by Crippen LogP contribution is 2.38. The molecule has 8 rings (SSSR count). The minimum atomic E-state index is 0.902. The minimum absolute atomic E-state index is 0.902. The van der Waals surface area contributed by atoms with Crippen LogP contribution in [-0.2, 0) is 0 Å². The Labute approximate surface area is 232 Å². The number of hydrogen-bond acceptors (Lipinski definition) is 1. The van der Waals surface area contributed by atoms with Gasteiger partial charge in [-0.05, 0) is 53.6 Å². The van der Waals surface area contributed by atoms with Gasteiger partial charge in [0.1, 0.15) is 5.82 Å². The lowest BCUT2D eigenvalue weighted by Crippen LogP contribution is -1.99. The van der Waals surface area contributed by atoms with Crippen LogP contribution in [0.3, 0.4) is 0 Å². The van der Waals surface area contributed by atoms with E-state index < -0.39 is 0 Å². The first-order chi connectivity index (χ1) is 19.8. The Kier molecular flexibility index (Phi) is 5.14. The van der Waals surface area contributed by atoms with E-state index in [4.69, 9.17) is 4.98 Å². The summed E-state index contributed by atoms with van der Waals surface area (Å²) in [5.41, 5.74) is 9.07. The summed E-state index contributed by atoms with van der Waals surface area (Å²) in [5.74, 6) is 0.902. The summed E-state index contributed by atoms with van der Waals surface area (Å²) in [6.07, 6.45) is 2.16. The van der Waals surface area contributed by atoms with Crippen molar-refractivity contribution in [1.29, 1.82) is 0 Å². The highest BCUT2D eigenvalue weighted by atomic mass is 15.1. The lowest BCUT2D eigenvalue weighted by Gasteiger charge is -2.12. The zero-order valence-corrected chi connectivity index (χ0v) is 21.8. The Bertz CT molecular complexity index is 2080. The van der Waals surface area contributed by atoms with Gasteiger partial charge >= 0.3 is 0 Å². The van der Waals surface area contributed by atoms with Crippen molar-refractivity contribution >= 4 is 32.7 Å². The molecule has 40 heavy (non-hydrogen) atoms. The summed E-state index contributed by atoms with van der Waals surface area (Å²) in [6, 6.07) is 51.4. The number of aromatic nitrogens is 3. The number of pyridine rings is 1. The highest BCUT2D eigenvalue weighted by molar-refractivity contribution is 6.20. The summed E-state index contributed by atoms with van der Waals surface area (Å²) >= 11 is 0. The maximum absolute atomic E-state index is 5.23. The van der Waals surface area contributed by atoms with Crippen LogP contribution in [0.4, 0.5) is 0 Å². The van der Waals surface area contributed by atoms with Crippen molar-refractivity contribution in [2.75, 3.05) is 0 Å². The Morgan fingerprint density at radius 1 is 0.500 bits per heavy atom. The summed E-state index contributed by atoms with van der Waals surface area (Å²) in [6.45, 7) is 0. The summed E-state index contributed by atoms with van der Waals surface area (Å²) < 4.78 is 4.63. The topological polar surface area (TPSA) is 22.8 Å². The second-order valence-corrected chi connectivity index (χ2v) is 10.1. The van der Waals surface area contributed by atoms with E-state index in [-0.39, 0.29) is 0 Å². The van der Waals surface area contributed by atoms with Crippen LogP contribution in [0.1, 0.15) is 0 Å². The molecule has 0 N–H and O–H groups in total. The van der Waals surface area contributed by atoms with E-state index in [9.17, 15) is 0 Å². The van der Waals surface area contributed by atoms with E-state index in [1.54, 1.807) is 0 Å². The fraction of sp³-hybridized carbons (Fsp3) is 0. The maximum Gasteiger partial charge on any atom is 0.138 e. The van der Waals surface area contributed by atoms with Gasteiger partial charge in [-0.25, -0.2) is 4.98 Å². The summed E-state index contributed by atoms with van der Waals surface area (Å²) in [4.78, 5) is 5.23. The first-order valence-corrected chi connectivity index (χ1v) is 13.6. The van der Waals surface area contributed by atoms with Crippen LogP contribution in [0.25, 0.3) is 66.6 Å². The zero-order valence-electron chi connectivity index (χ0n) is 21.8. The molecular weight excluding hydrogens is 486 g/mol. The van der Waals surface area contributed by atoms with Crippen molar-refractivity contribution in [3.63, 3.8) is 0 Å². The second kappa shape index (κ2) is 9.11. The predicted molar refractivity (Wildman–Crippen MR) is 166 cm³/mol. The molecule has 0 fully saturated rings. The van der Waals surface area contributed by atoms with Crippen molar-refractivity contribution in [2.24, 2.45) is 0 Å². The molecule has 0 bridgehead atoms. The fourth-order valence-corrected chi connectivity index (χ4v) is 5.92. The first-order valence-electron chi connectivity index (χ1n) is 13.6. The Morgan fingerprint density at radius 3 is 1.95 bits per heavy atom. The molecule has 0 unspecified atom stereocenters. The standard InChI is InChI=1S/C37H25N3/c1-4-12-26(13-5-1)29-24-32(27-14-6-2-7-15-27)38-35(25-29)39-23-22-28-20-21-34-36(37(28)39)31-18-10-11-19-33(31)40(34)30-16-8-3-9-17-30/h1-25H. The molecule has 188 valence electrons. The van der Waals surface area contributed by atoms with Crippen molar-refractivity contribution in [1.82, 2.24) is 14.1 Å². The molecule has 3 heterocycles. The molecule has 0 atom stereocenters. The van der Waals surface area contributed by atoms with Gasteiger partial charge in [-0.2, -0.15) is 0 Å². The fourth-order valence-electron chi connectivity index (χ4n) is 5.92. The molecule has 0 spiro atoms. The Morgan fingerprint density at radius 2 is 1.18 bits per heavy atom. The van der Waals surface area contributed by atoms with E-state index in [0.29, 0.717) is 0 Å². The van der Waals surface area contributed by atoms with E-state index in [1.807, 2.05) is 6.07 Å². The van der Waals surface area contributed by atoms with Crippen LogP contribution in [-0.4, -0.2) is 14.1 Å². The van der Waals surface area contributed by atoms with Gasteiger partial charge in [0.15, 0.2) is 0 Å². The second-order valence-electron chi connectivity index (χ2n) is 10.1. The lowest BCUT2D eigenvalue weighted by molar-refractivity contribution is 1.05. The number of hydrogen-bond donors (Lipinski definition) is 0. The number of rotatable bonds is 4. The summed E-state index contributed by atoms with van der Waals surface area (Å²) in [7, 11) is 0. The number of nitrogens with zero attached hydrogens (tertiary/aromatic N) is 3. The third kappa shape index (κ3) is 3.56. The predicted octanol–water partition coefficient (Wildman–Crippen LogP) is 9.46. The third-order valence-corrected chi connectivity index (χ3v) is 7.74. The van der Waals surface area contributed by atoms with Gasteiger partial charge in [0.25, 0.3) is 0 Å². The lowest BCUT2D eigenvalue weighted by atomic mass is 10.0. The molecule has 0 radical (unpaired) electrons. The molecule has 0 aliphatic heterocycles. The number of para-hydroxylation sites is 2. The molecular formula is C37H25N3. The molecule has 0 saturated carbocycles. The first kappa shape index (κ1) is 22.6. The van der Waals surface area contributed by atoms with Crippen molar-refractivity contribution in [2.45, 2.75) is 0 Å². The monoisotopic (exact) mass is 511 g/mol. The normalized spacial score (nSPS) is 11.5. The van der Waals surface area contributed by atoms with Crippen LogP contribution in [0.5, 0.6) is 0 Å². The molecule has 3 nitrogen and oxygen atoms in total. The van der Waals surface area contributed by atoms with Crippen LogP contribution >= 0.6 is 0 Å². The average Bonchev–Trinajstić information content (AvgIpc) is 3.61. The zero-order chi connectivity index (χ0) is 26.5. The molecule has 0 saturated heterocycles. The molecule has 0 amide bonds. The number of fused-ring (bicyclic) bond motifs is 5. The van der Waals surface area contributed by atoms with Gasteiger partial charge in [-0.3, -0.25) is 0 Å². The van der Waals surface area contributed by atoms with Gasteiger partial charge in [0.05, 0.1) is 22.2 Å². The SMILES string of the molecule is c1ccc(-c2cc(-c3ccccc3)nc(-n3ccc4ccc5c(c6ccccc6n5-c5ccccc5)c43)c2)cc1. The van der Waals surface area contributed by atoms with Crippen LogP contribution < -0.4 is 0 Å². The number of benzene rings is 5. The molecule has 3 heteroatoms. The van der Waals surface area contributed by atoms with E-state index >= 15 is 0 Å². The third-order valence-electron chi connectivity index (χ3n) is 7.74. The smallest absolute Gasteiger partial charge is 0.138 e. The molecule has 0 aliphatic carbocycles. The van der Waals surface area contributed by atoms with Crippen LogP contribution in [0.15, 0.2) is 152 Å². The average molecular weight is 512 g/mol. The minimum Gasteiger partial charge on any atom is -0.309 e. The molecule has 3 aromatic heterocycles. The Balaban J connectivity index is 1.45. The van der Waals surface area contributed by atoms with E-state index in [1.165, 1.54) is 38.3 Å². The van der Waals surface area contributed by atoms with E-state index in [2.05, 4.69) is 155 Å². The molecule has 5 aromatic carbocycles. The maximum atomic E-state index is 5.23. The van der Waals surface area contributed by atoms with Gasteiger partial charge in [-0.1, -0.05) is 103 Å². The van der Waals surface area contributed by atoms with Gasteiger partial charge < -0.3 is 9.13 Å². The molecule has 0 aliphatic rings.